The predicted octanol–water partition coefficient (Wildman–Crippen LogP) is 3.89. The van der Waals surface area contributed by atoms with Crippen LogP contribution in [0.4, 0.5) is 5.69 Å². The summed E-state index contributed by atoms with van der Waals surface area (Å²) in [6.45, 7) is 4.74. The summed E-state index contributed by atoms with van der Waals surface area (Å²) in [5.41, 5.74) is 9.31. The van der Waals surface area contributed by atoms with Crippen LogP contribution in [-0.2, 0) is 6.54 Å². The van der Waals surface area contributed by atoms with Crippen molar-refractivity contribution >= 4 is 5.69 Å². The van der Waals surface area contributed by atoms with Crippen molar-refractivity contribution in [3.8, 4) is 5.75 Å². The average Bonchev–Trinajstić information content (AvgIpc) is 2.59. The SMILES string of the molecule is CCCCN1CC(c2ccccc2)Oc2cc(CN)ccc21. The van der Waals surface area contributed by atoms with Gasteiger partial charge in [-0.15, -0.1) is 0 Å². The van der Waals surface area contributed by atoms with Crippen LogP contribution in [0.2, 0.25) is 0 Å². The molecule has 0 aliphatic carbocycles. The first-order valence-corrected chi connectivity index (χ1v) is 8.11. The summed E-state index contributed by atoms with van der Waals surface area (Å²) < 4.78 is 6.27. The minimum Gasteiger partial charge on any atom is -0.482 e. The van der Waals surface area contributed by atoms with Crippen LogP contribution in [0.1, 0.15) is 37.0 Å². The van der Waals surface area contributed by atoms with Crippen LogP contribution in [0.15, 0.2) is 48.5 Å². The number of benzene rings is 2. The second-order valence-corrected chi connectivity index (χ2v) is 5.82. The Morgan fingerprint density at radius 3 is 2.73 bits per heavy atom. The van der Waals surface area contributed by atoms with Gasteiger partial charge in [-0.25, -0.2) is 0 Å². The lowest BCUT2D eigenvalue weighted by atomic mass is 10.0. The minimum atomic E-state index is 0.0820. The normalized spacial score (nSPS) is 17.0. The molecule has 0 aromatic heterocycles. The molecule has 0 amide bonds. The van der Waals surface area contributed by atoms with Crippen molar-refractivity contribution in [2.75, 3.05) is 18.0 Å². The number of hydrogen-bond donors (Lipinski definition) is 1. The number of fused-ring (bicyclic) bond motifs is 1. The van der Waals surface area contributed by atoms with Gasteiger partial charge >= 0.3 is 0 Å². The Hall–Kier alpha value is -2.00. The van der Waals surface area contributed by atoms with Gasteiger partial charge in [0.2, 0.25) is 0 Å². The van der Waals surface area contributed by atoms with E-state index in [-0.39, 0.29) is 6.10 Å². The molecule has 1 heterocycles. The molecule has 0 saturated heterocycles. The predicted molar refractivity (Wildman–Crippen MR) is 91.3 cm³/mol. The van der Waals surface area contributed by atoms with Crippen molar-refractivity contribution in [3.05, 3.63) is 59.7 Å². The van der Waals surface area contributed by atoms with E-state index in [9.17, 15) is 0 Å². The molecule has 22 heavy (non-hydrogen) atoms. The minimum absolute atomic E-state index is 0.0820. The van der Waals surface area contributed by atoms with Crippen molar-refractivity contribution in [1.82, 2.24) is 0 Å². The fourth-order valence-corrected chi connectivity index (χ4v) is 2.93. The molecule has 0 saturated carbocycles. The molecule has 3 nitrogen and oxygen atoms in total. The Balaban J connectivity index is 1.92. The van der Waals surface area contributed by atoms with Crippen LogP contribution in [0.5, 0.6) is 5.75 Å². The molecule has 1 aliphatic rings. The van der Waals surface area contributed by atoms with Crippen molar-refractivity contribution in [3.63, 3.8) is 0 Å². The summed E-state index contributed by atoms with van der Waals surface area (Å²) in [6.07, 6.45) is 2.47. The zero-order valence-electron chi connectivity index (χ0n) is 13.2. The number of hydrogen-bond acceptors (Lipinski definition) is 3. The average molecular weight is 296 g/mol. The first-order valence-electron chi connectivity index (χ1n) is 8.11. The fourth-order valence-electron chi connectivity index (χ4n) is 2.93. The van der Waals surface area contributed by atoms with Gasteiger partial charge in [0.25, 0.3) is 0 Å². The topological polar surface area (TPSA) is 38.5 Å². The molecule has 0 bridgehead atoms. The van der Waals surface area contributed by atoms with E-state index >= 15 is 0 Å². The quantitative estimate of drug-likeness (QED) is 0.910. The maximum Gasteiger partial charge on any atom is 0.143 e. The molecule has 3 heteroatoms. The highest BCUT2D eigenvalue weighted by molar-refractivity contribution is 5.61. The molecule has 2 N–H and O–H groups in total. The Morgan fingerprint density at radius 2 is 2.00 bits per heavy atom. The molecule has 3 rings (SSSR count). The van der Waals surface area contributed by atoms with E-state index in [1.165, 1.54) is 24.1 Å². The van der Waals surface area contributed by atoms with E-state index in [0.29, 0.717) is 6.54 Å². The summed E-state index contributed by atoms with van der Waals surface area (Å²) >= 11 is 0. The Bertz CT molecular complexity index is 612. The lowest BCUT2D eigenvalue weighted by Gasteiger charge is -2.37. The van der Waals surface area contributed by atoms with Crippen molar-refractivity contribution < 1.29 is 4.74 Å². The molecule has 2 aromatic rings. The van der Waals surface area contributed by atoms with Gasteiger partial charge in [-0.3, -0.25) is 0 Å². The second kappa shape index (κ2) is 6.84. The second-order valence-electron chi connectivity index (χ2n) is 5.82. The lowest BCUT2D eigenvalue weighted by Crippen LogP contribution is -2.36. The molecule has 116 valence electrons. The standard InChI is InChI=1S/C19H24N2O/c1-2-3-11-21-14-19(16-7-5-4-6-8-16)22-18-12-15(13-20)9-10-17(18)21/h4-10,12,19H,2-3,11,13-14,20H2,1H3. The zero-order chi connectivity index (χ0) is 15.4. The Kier molecular flexibility index (Phi) is 4.64. The van der Waals surface area contributed by atoms with Crippen LogP contribution in [0, 0.1) is 0 Å². The van der Waals surface area contributed by atoms with Gasteiger partial charge in [-0.2, -0.15) is 0 Å². The molecule has 0 fully saturated rings. The molecule has 0 radical (unpaired) electrons. The monoisotopic (exact) mass is 296 g/mol. The van der Waals surface area contributed by atoms with E-state index in [1.54, 1.807) is 0 Å². The van der Waals surface area contributed by atoms with E-state index < -0.39 is 0 Å². The number of unbranched alkanes of at least 4 members (excludes halogenated alkanes) is 1. The smallest absolute Gasteiger partial charge is 0.143 e. The van der Waals surface area contributed by atoms with Crippen LogP contribution in [0.25, 0.3) is 0 Å². The number of nitrogens with zero attached hydrogens (tertiary/aromatic N) is 1. The molecule has 1 atom stereocenters. The summed E-state index contributed by atoms with van der Waals surface area (Å²) in [6, 6.07) is 16.8. The molecular weight excluding hydrogens is 272 g/mol. The number of rotatable bonds is 5. The molecule has 0 spiro atoms. The van der Waals surface area contributed by atoms with Gasteiger partial charge < -0.3 is 15.4 Å². The third-order valence-electron chi connectivity index (χ3n) is 4.21. The molecule has 1 unspecified atom stereocenters. The van der Waals surface area contributed by atoms with Crippen molar-refractivity contribution in [2.45, 2.75) is 32.4 Å². The highest BCUT2D eigenvalue weighted by atomic mass is 16.5. The number of nitrogens with two attached hydrogens (primary N) is 1. The highest BCUT2D eigenvalue weighted by Gasteiger charge is 2.26. The van der Waals surface area contributed by atoms with Gasteiger partial charge in [-0.1, -0.05) is 49.7 Å². The third-order valence-corrected chi connectivity index (χ3v) is 4.21. The summed E-state index contributed by atoms with van der Waals surface area (Å²) in [4.78, 5) is 2.44. The summed E-state index contributed by atoms with van der Waals surface area (Å²) in [5, 5.41) is 0. The van der Waals surface area contributed by atoms with E-state index in [1.807, 2.05) is 6.07 Å². The van der Waals surface area contributed by atoms with E-state index in [2.05, 4.69) is 54.3 Å². The third kappa shape index (κ3) is 3.09. The molecule has 2 aromatic carbocycles. The molecular formula is C19H24N2O. The van der Waals surface area contributed by atoms with Gasteiger partial charge in [0.1, 0.15) is 11.9 Å². The van der Waals surface area contributed by atoms with Crippen LogP contribution < -0.4 is 15.4 Å². The van der Waals surface area contributed by atoms with Crippen molar-refractivity contribution in [2.24, 2.45) is 5.73 Å². The van der Waals surface area contributed by atoms with Crippen LogP contribution in [-0.4, -0.2) is 13.1 Å². The fraction of sp³-hybridized carbons (Fsp3) is 0.368. The van der Waals surface area contributed by atoms with Gasteiger partial charge in [0.05, 0.1) is 12.2 Å². The zero-order valence-corrected chi connectivity index (χ0v) is 13.2. The van der Waals surface area contributed by atoms with Gasteiger partial charge in [-0.05, 0) is 29.7 Å². The van der Waals surface area contributed by atoms with E-state index in [0.717, 1.165) is 24.4 Å². The first-order chi connectivity index (χ1) is 10.8. The maximum absolute atomic E-state index is 6.27. The van der Waals surface area contributed by atoms with E-state index in [4.69, 9.17) is 10.5 Å². The number of ether oxygens (including phenoxy) is 1. The summed E-state index contributed by atoms with van der Waals surface area (Å²) in [5.74, 6) is 0.958. The highest BCUT2D eigenvalue weighted by Crippen LogP contribution is 2.38. The Labute approximate surface area is 132 Å². The molecule has 1 aliphatic heterocycles. The van der Waals surface area contributed by atoms with Crippen LogP contribution >= 0.6 is 0 Å². The van der Waals surface area contributed by atoms with Crippen molar-refractivity contribution in [1.29, 1.82) is 0 Å². The van der Waals surface area contributed by atoms with Gasteiger partial charge in [0.15, 0.2) is 0 Å². The largest absolute Gasteiger partial charge is 0.482 e. The summed E-state index contributed by atoms with van der Waals surface area (Å²) in [7, 11) is 0. The van der Waals surface area contributed by atoms with Gasteiger partial charge in [0, 0.05) is 13.1 Å². The maximum atomic E-state index is 6.27. The van der Waals surface area contributed by atoms with Crippen LogP contribution in [0.3, 0.4) is 0 Å². The Morgan fingerprint density at radius 1 is 1.18 bits per heavy atom. The lowest BCUT2D eigenvalue weighted by molar-refractivity contribution is 0.197. The number of anilines is 1. The first kappa shape index (κ1) is 14.9.